The zero-order valence-electron chi connectivity index (χ0n) is 9.95. The van der Waals surface area contributed by atoms with E-state index in [1.807, 2.05) is 12.1 Å². The molecule has 0 spiro atoms. The molecule has 1 aromatic rings. The van der Waals surface area contributed by atoms with Gasteiger partial charge in [-0.15, -0.1) is 0 Å². The van der Waals surface area contributed by atoms with Gasteiger partial charge in [-0.25, -0.2) is 0 Å². The van der Waals surface area contributed by atoms with E-state index in [0.717, 1.165) is 18.0 Å². The van der Waals surface area contributed by atoms with Gasteiger partial charge in [0.05, 0.1) is 0 Å². The third-order valence-electron chi connectivity index (χ3n) is 2.84. The molecule has 2 rings (SSSR count). The van der Waals surface area contributed by atoms with Crippen molar-refractivity contribution in [3.05, 3.63) is 23.8 Å². The Kier molecular flexibility index (Phi) is 3.67. The Morgan fingerprint density at radius 2 is 2.25 bits per heavy atom. The Morgan fingerprint density at radius 3 is 3.06 bits per heavy atom. The van der Waals surface area contributed by atoms with Crippen LogP contribution < -0.4 is 14.8 Å². The molecule has 1 unspecified atom stereocenters. The molecule has 0 aliphatic carbocycles. The van der Waals surface area contributed by atoms with Gasteiger partial charge in [-0.05, 0) is 19.4 Å². The second-order valence-electron chi connectivity index (χ2n) is 4.22. The van der Waals surface area contributed by atoms with Crippen molar-refractivity contribution in [2.75, 3.05) is 6.79 Å². The molecular formula is C13H19NO2. The molecule has 0 bridgehead atoms. The Balaban J connectivity index is 1.97. The van der Waals surface area contributed by atoms with E-state index in [1.165, 1.54) is 18.4 Å². The predicted octanol–water partition coefficient (Wildman–Crippen LogP) is 2.69. The number of rotatable bonds is 5. The van der Waals surface area contributed by atoms with E-state index in [9.17, 15) is 0 Å². The molecule has 0 aromatic heterocycles. The van der Waals surface area contributed by atoms with Gasteiger partial charge in [-0.3, -0.25) is 0 Å². The van der Waals surface area contributed by atoms with Crippen molar-refractivity contribution in [2.45, 2.75) is 39.3 Å². The normalized spacial score (nSPS) is 15.1. The summed E-state index contributed by atoms with van der Waals surface area (Å²) in [4.78, 5) is 0. The third kappa shape index (κ3) is 2.47. The van der Waals surface area contributed by atoms with Crippen molar-refractivity contribution in [1.82, 2.24) is 5.32 Å². The van der Waals surface area contributed by atoms with Crippen LogP contribution >= 0.6 is 0 Å². The second kappa shape index (κ2) is 5.21. The van der Waals surface area contributed by atoms with Crippen molar-refractivity contribution >= 4 is 0 Å². The summed E-state index contributed by atoms with van der Waals surface area (Å²) in [6.07, 6.45) is 2.41. The highest BCUT2D eigenvalue weighted by atomic mass is 16.7. The highest BCUT2D eigenvalue weighted by Gasteiger charge is 2.16. The molecule has 3 nitrogen and oxygen atoms in total. The first-order chi connectivity index (χ1) is 7.81. The highest BCUT2D eigenvalue weighted by Crippen LogP contribution is 2.35. The predicted molar refractivity (Wildman–Crippen MR) is 63.8 cm³/mol. The van der Waals surface area contributed by atoms with Crippen molar-refractivity contribution in [2.24, 2.45) is 0 Å². The molecule has 1 atom stereocenters. The Morgan fingerprint density at radius 1 is 1.38 bits per heavy atom. The minimum Gasteiger partial charge on any atom is -0.454 e. The minimum absolute atomic E-state index is 0.344. The van der Waals surface area contributed by atoms with Crippen LogP contribution in [0.2, 0.25) is 0 Å². The van der Waals surface area contributed by atoms with E-state index < -0.39 is 0 Å². The van der Waals surface area contributed by atoms with Crippen molar-refractivity contribution in [3.63, 3.8) is 0 Å². The van der Waals surface area contributed by atoms with Crippen LogP contribution in [0.4, 0.5) is 0 Å². The van der Waals surface area contributed by atoms with Crippen LogP contribution in [0.15, 0.2) is 18.2 Å². The average molecular weight is 221 g/mol. The van der Waals surface area contributed by atoms with Gasteiger partial charge in [0.25, 0.3) is 0 Å². The number of hydrogen-bond acceptors (Lipinski definition) is 3. The molecule has 16 heavy (non-hydrogen) atoms. The van der Waals surface area contributed by atoms with Crippen molar-refractivity contribution in [3.8, 4) is 11.5 Å². The molecule has 0 saturated carbocycles. The number of benzene rings is 1. The lowest BCUT2D eigenvalue weighted by Gasteiger charge is -2.13. The zero-order valence-corrected chi connectivity index (χ0v) is 9.95. The fraction of sp³-hybridized carbons (Fsp3) is 0.538. The van der Waals surface area contributed by atoms with Crippen LogP contribution in [0.5, 0.6) is 11.5 Å². The van der Waals surface area contributed by atoms with Gasteiger partial charge in [0.1, 0.15) is 0 Å². The van der Waals surface area contributed by atoms with Gasteiger partial charge in [-0.1, -0.05) is 25.5 Å². The van der Waals surface area contributed by atoms with E-state index in [4.69, 9.17) is 9.47 Å². The fourth-order valence-electron chi connectivity index (χ4n) is 1.95. The molecule has 1 aromatic carbocycles. The monoisotopic (exact) mass is 221 g/mol. The SMILES string of the molecule is CCCC(C)NCc1cccc2c1OCO2. The summed E-state index contributed by atoms with van der Waals surface area (Å²) in [6, 6.07) is 6.58. The van der Waals surface area contributed by atoms with E-state index in [2.05, 4.69) is 25.2 Å². The smallest absolute Gasteiger partial charge is 0.231 e. The van der Waals surface area contributed by atoms with Crippen LogP contribution in [0.3, 0.4) is 0 Å². The molecule has 88 valence electrons. The minimum atomic E-state index is 0.344. The maximum absolute atomic E-state index is 5.46. The van der Waals surface area contributed by atoms with Crippen LogP contribution in [0.25, 0.3) is 0 Å². The Hall–Kier alpha value is -1.22. The zero-order chi connectivity index (χ0) is 11.4. The highest BCUT2D eigenvalue weighted by molar-refractivity contribution is 5.48. The fourth-order valence-corrected chi connectivity index (χ4v) is 1.95. The number of nitrogens with one attached hydrogen (secondary N) is 1. The van der Waals surface area contributed by atoms with Gasteiger partial charge in [0.2, 0.25) is 6.79 Å². The summed E-state index contributed by atoms with van der Waals surface area (Å²) in [7, 11) is 0. The topological polar surface area (TPSA) is 30.5 Å². The number of ether oxygens (including phenoxy) is 2. The van der Waals surface area contributed by atoms with Crippen LogP contribution in [-0.4, -0.2) is 12.8 Å². The lowest BCUT2D eigenvalue weighted by molar-refractivity contribution is 0.173. The van der Waals surface area contributed by atoms with Gasteiger partial charge < -0.3 is 14.8 Å². The maximum atomic E-state index is 5.46. The molecule has 1 heterocycles. The maximum Gasteiger partial charge on any atom is 0.231 e. The van der Waals surface area contributed by atoms with E-state index in [1.54, 1.807) is 0 Å². The van der Waals surface area contributed by atoms with Gasteiger partial charge in [-0.2, -0.15) is 0 Å². The molecule has 0 radical (unpaired) electrons. The standard InChI is InChI=1S/C13H19NO2/c1-3-5-10(2)14-8-11-6-4-7-12-13(11)16-9-15-12/h4,6-7,10,14H,3,5,8-9H2,1-2H3. The molecule has 1 N–H and O–H groups in total. The molecular weight excluding hydrogens is 202 g/mol. The molecule has 1 aliphatic heterocycles. The molecule has 3 heteroatoms. The average Bonchev–Trinajstić information content (AvgIpc) is 2.75. The van der Waals surface area contributed by atoms with E-state index in [0.29, 0.717) is 12.8 Å². The van der Waals surface area contributed by atoms with Gasteiger partial charge >= 0.3 is 0 Å². The first-order valence-electron chi connectivity index (χ1n) is 5.92. The summed E-state index contributed by atoms with van der Waals surface area (Å²) in [6.45, 7) is 5.60. The number of hydrogen-bond donors (Lipinski definition) is 1. The van der Waals surface area contributed by atoms with Crippen LogP contribution in [0.1, 0.15) is 32.3 Å². The van der Waals surface area contributed by atoms with Gasteiger partial charge in [0.15, 0.2) is 11.5 Å². The van der Waals surface area contributed by atoms with Crippen LogP contribution in [0, 0.1) is 0 Å². The largest absolute Gasteiger partial charge is 0.454 e. The summed E-state index contributed by atoms with van der Waals surface area (Å²) in [5.41, 5.74) is 1.18. The molecule has 0 fully saturated rings. The lowest BCUT2D eigenvalue weighted by Crippen LogP contribution is -2.25. The Labute approximate surface area is 96.8 Å². The second-order valence-corrected chi connectivity index (χ2v) is 4.22. The van der Waals surface area contributed by atoms with Crippen molar-refractivity contribution < 1.29 is 9.47 Å². The first-order valence-corrected chi connectivity index (χ1v) is 5.92. The lowest BCUT2D eigenvalue weighted by atomic mass is 10.1. The summed E-state index contributed by atoms with van der Waals surface area (Å²) < 4.78 is 10.8. The Bertz CT molecular complexity index is 352. The quantitative estimate of drug-likeness (QED) is 0.829. The summed E-state index contributed by atoms with van der Waals surface area (Å²) in [5, 5.41) is 3.49. The number of para-hydroxylation sites is 1. The first kappa shape index (κ1) is 11.3. The van der Waals surface area contributed by atoms with Gasteiger partial charge in [0, 0.05) is 18.2 Å². The van der Waals surface area contributed by atoms with E-state index in [-0.39, 0.29) is 0 Å². The molecule has 1 aliphatic rings. The van der Waals surface area contributed by atoms with E-state index >= 15 is 0 Å². The molecule has 0 saturated heterocycles. The summed E-state index contributed by atoms with van der Waals surface area (Å²) in [5.74, 6) is 1.76. The van der Waals surface area contributed by atoms with Crippen molar-refractivity contribution in [1.29, 1.82) is 0 Å². The number of fused-ring (bicyclic) bond motifs is 1. The molecule has 0 amide bonds. The third-order valence-corrected chi connectivity index (χ3v) is 2.84. The summed E-state index contributed by atoms with van der Waals surface area (Å²) >= 11 is 0. The van der Waals surface area contributed by atoms with Crippen LogP contribution in [-0.2, 0) is 6.54 Å².